The Morgan fingerprint density at radius 3 is 1.62 bits per heavy atom. The van der Waals surface area contributed by atoms with Crippen LogP contribution in [0, 0.1) is 0 Å². The second-order valence-electron chi connectivity index (χ2n) is 3.66. The van der Waals surface area contributed by atoms with Crippen molar-refractivity contribution in [3.8, 4) is 0 Å². The van der Waals surface area contributed by atoms with Crippen LogP contribution in [-0.4, -0.2) is 6.16 Å². The fraction of sp³-hybridized carbons (Fsp3) is 0.615. The van der Waals surface area contributed by atoms with Crippen molar-refractivity contribution in [1.29, 1.82) is 0 Å². The Kier molecular flexibility index (Phi) is 8.31. The van der Waals surface area contributed by atoms with Crippen molar-refractivity contribution in [1.82, 2.24) is 0 Å². The molecule has 3 heteroatoms. The first kappa shape index (κ1) is 14.8. The van der Waals surface area contributed by atoms with E-state index in [0.29, 0.717) is 11.5 Å². The molecule has 0 aliphatic heterocycles. The van der Waals surface area contributed by atoms with Crippen LogP contribution in [0.15, 0.2) is 23.7 Å². The Balaban J connectivity index is 3.98. The van der Waals surface area contributed by atoms with E-state index in [9.17, 15) is 4.79 Å². The summed E-state index contributed by atoms with van der Waals surface area (Å²) in [4.78, 5) is 11.3. The zero-order chi connectivity index (χ0) is 12.4. The van der Waals surface area contributed by atoms with Crippen molar-refractivity contribution < 1.29 is 14.3 Å². The maximum Gasteiger partial charge on any atom is 0.518 e. The van der Waals surface area contributed by atoms with Gasteiger partial charge in [0.1, 0.15) is 11.5 Å². The second-order valence-corrected chi connectivity index (χ2v) is 3.66. The third kappa shape index (κ3) is 8.09. The molecular weight excluding hydrogens is 204 g/mol. The molecule has 0 amide bonds. The molecule has 0 spiro atoms. The number of ether oxygens (including phenoxy) is 2. The number of hydrogen-bond acceptors (Lipinski definition) is 3. The Bertz CT molecular complexity index is 238. The molecule has 0 saturated heterocycles. The predicted octanol–water partition coefficient (Wildman–Crippen LogP) is 4.55. The average Bonchev–Trinajstić information content (AvgIpc) is 2.23. The lowest BCUT2D eigenvalue weighted by Gasteiger charge is -2.05. The molecule has 0 saturated carbocycles. The molecule has 0 radical (unpaired) electrons. The zero-order valence-corrected chi connectivity index (χ0v) is 10.7. The summed E-state index contributed by atoms with van der Waals surface area (Å²) in [6.45, 7) is 7.64. The Morgan fingerprint density at radius 1 is 0.938 bits per heavy atom. The van der Waals surface area contributed by atoms with E-state index in [2.05, 4.69) is 13.8 Å². The number of carbonyl (C=O) groups excluding carboxylic acids is 1. The summed E-state index contributed by atoms with van der Waals surface area (Å²) in [5, 5.41) is 0. The highest BCUT2D eigenvalue weighted by molar-refractivity contribution is 5.62. The van der Waals surface area contributed by atoms with E-state index in [1.54, 1.807) is 13.8 Å². The predicted molar refractivity (Wildman–Crippen MR) is 64.9 cm³/mol. The van der Waals surface area contributed by atoms with Crippen LogP contribution in [0.2, 0.25) is 0 Å². The van der Waals surface area contributed by atoms with Gasteiger partial charge in [0.25, 0.3) is 0 Å². The van der Waals surface area contributed by atoms with E-state index in [1.165, 1.54) is 0 Å². The van der Waals surface area contributed by atoms with Crippen molar-refractivity contribution in [3.63, 3.8) is 0 Å². The fourth-order valence-electron chi connectivity index (χ4n) is 1.06. The summed E-state index contributed by atoms with van der Waals surface area (Å²) in [5.41, 5.74) is 0. The van der Waals surface area contributed by atoms with Gasteiger partial charge in [0, 0.05) is 0 Å². The topological polar surface area (TPSA) is 35.5 Å². The molecule has 0 aromatic rings. The molecule has 0 atom stereocenters. The van der Waals surface area contributed by atoms with Gasteiger partial charge in [0.05, 0.1) is 0 Å². The molecule has 16 heavy (non-hydrogen) atoms. The van der Waals surface area contributed by atoms with Gasteiger partial charge in [-0.05, 0) is 38.8 Å². The summed E-state index contributed by atoms with van der Waals surface area (Å²) in [7, 11) is 0. The van der Waals surface area contributed by atoms with Gasteiger partial charge in [0.15, 0.2) is 0 Å². The third-order valence-electron chi connectivity index (χ3n) is 1.93. The molecule has 0 aromatic heterocycles. The normalized spacial score (nSPS) is 12.5. The highest BCUT2D eigenvalue weighted by Crippen LogP contribution is 2.06. The largest absolute Gasteiger partial charge is 0.518 e. The molecule has 0 aromatic carbocycles. The van der Waals surface area contributed by atoms with Crippen molar-refractivity contribution >= 4 is 6.16 Å². The molecule has 0 N–H and O–H groups in total. The Morgan fingerprint density at radius 2 is 1.31 bits per heavy atom. The van der Waals surface area contributed by atoms with Crippen molar-refractivity contribution in [2.75, 3.05) is 0 Å². The Hall–Kier alpha value is -1.25. The van der Waals surface area contributed by atoms with Gasteiger partial charge in [0.2, 0.25) is 0 Å². The van der Waals surface area contributed by atoms with E-state index in [4.69, 9.17) is 9.47 Å². The highest BCUT2D eigenvalue weighted by Gasteiger charge is 2.05. The summed E-state index contributed by atoms with van der Waals surface area (Å²) in [5.74, 6) is 1.19. The van der Waals surface area contributed by atoms with Gasteiger partial charge in [-0.25, -0.2) is 4.79 Å². The summed E-state index contributed by atoms with van der Waals surface area (Å²) < 4.78 is 9.92. The van der Waals surface area contributed by atoms with Gasteiger partial charge >= 0.3 is 6.16 Å². The SMILES string of the molecule is CCCC=C(C)OC(=O)OC(C)=CCCC. The number of hydrogen-bond donors (Lipinski definition) is 0. The summed E-state index contributed by atoms with van der Waals surface area (Å²) in [6.07, 6.45) is 6.98. The van der Waals surface area contributed by atoms with Crippen molar-refractivity contribution in [2.45, 2.75) is 53.4 Å². The molecule has 0 bridgehead atoms. The van der Waals surface area contributed by atoms with Gasteiger partial charge in [-0.2, -0.15) is 0 Å². The minimum absolute atomic E-state index is 0.593. The number of allylic oxidation sites excluding steroid dienone is 4. The van der Waals surface area contributed by atoms with E-state index in [-0.39, 0.29) is 0 Å². The average molecular weight is 226 g/mol. The van der Waals surface area contributed by atoms with Gasteiger partial charge in [-0.1, -0.05) is 26.7 Å². The Labute approximate surface area is 98.1 Å². The monoisotopic (exact) mass is 226 g/mol. The van der Waals surface area contributed by atoms with E-state index in [0.717, 1.165) is 25.7 Å². The maximum atomic E-state index is 11.3. The van der Waals surface area contributed by atoms with Crippen LogP contribution in [0.1, 0.15) is 53.4 Å². The smallest absolute Gasteiger partial charge is 0.400 e. The number of rotatable bonds is 6. The van der Waals surface area contributed by atoms with Gasteiger partial charge in [-0.3, -0.25) is 0 Å². The van der Waals surface area contributed by atoms with Crippen LogP contribution < -0.4 is 0 Å². The van der Waals surface area contributed by atoms with Crippen molar-refractivity contribution in [3.05, 3.63) is 23.7 Å². The van der Waals surface area contributed by atoms with Crippen LogP contribution in [0.4, 0.5) is 4.79 Å². The molecule has 0 rings (SSSR count). The van der Waals surface area contributed by atoms with Crippen LogP contribution >= 0.6 is 0 Å². The number of carbonyl (C=O) groups is 1. The standard InChI is InChI=1S/C13H22O3/c1-5-7-9-11(3)15-13(14)16-12(4)10-8-6-2/h9-10H,5-8H2,1-4H3. The zero-order valence-electron chi connectivity index (χ0n) is 10.7. The first-order valence-electron chi connectivity index (χ1n) is 5.83. The number of unbranched alkanes of at least 4 members (excludes halogenated alkanes) is 2. The lowest BCUT2D eigenvalue weighted by atomic mass is 10.3. The third-order valence-corrected chi connectivity index (χ3v) is 1.93. The van der Waals surface area contributed by atoms with Gasteiger partial charge in [-0.15, -0.1) is 0 Å². The van der Waals surface area contributed by atoms with Gasteiger partial charge < -0.3 is 9.47 Å². The molecule has 3 nitrogen and oxygen atoms in total. The molecule has 0 fully saturated rings. The molecule has 0 heterocycles. The molecule has 92 valence electrons. The molecule has 0 aliphatic carbocycles. The molecule has 0 aliphatic rings. The lowest BCUT2D eigenvalue weighted by Crippen LogP contribution is -2.04. The minimum Gasteiger partial charge on any atom is -0.400 e. The summed E-state index contributed by atoms with van der Waals surface area (Å²) >= 11 is 0. The maximum absolute atomic E-state index is 11.3. The molecular formula is C13H22O3. The second kappa shape index (κ2) is 9.01. The van der Waals surface area contributed by atoms with E-state index in [1.807, 2.05) is 12.2 Å². The fourth-order valence-corrected chi connectivity index (χ4v) is 1.06. The first-order valence-corrected chi connectivity index (χ1v) is 5.83. The quantitative estimate of drug-likeness (QED) is 0.492. The van der Waals surface area contributed by atoms with Crippen LogP contribution in [-0.2, 0) is 9.47 Å². The highest BCUT2D eigenvalue weighted by atomic mass is 16.7. The molecule has 0 unspecified atom stereocenters. The van der Waals surface area contributed by atoms with Crippen LogP contribution in [0.3, 0.4) is 0 Å². The van der Waals surface area contributed by atoms with Crippen molar-refractivity contribution in [2.24, 2.45) is 0 Å². The van der Waals surface area contributed by atoms with Crippen LogP contribution in [0.5, 0.6) is 0 Å². The first-order chi connectivity index (χ1) is 7.60. The van der Waals surface area contributed by atoms with E-state index < -0.39 is 6.16 Å². The summed E-state index contributed by atoms with van der Waals surface area (Å²) in [6, 6.07) is 0. The lowest BCUT2D eigenvalue weighted by molar-refractivity contribution is 0.102. The van der Waals surface area contributed by atoms with E-state index >= 15 is 0 Å². The van der Waals surface area contributed by atoms with Crippen LogP contribution in [0.25, 0.3) is 0 Å². The minimum atomic E-state index is -0.658.